The van der Waals surface area contributed by atoms with Crippen LogP contribution >= 0.6 is 0 Å². The second-order valence-electron chi connectivity index (χ2n) is 7.06. The lowest BCUT2D eigenvalue weighted by Crippen LogP contribution is -2.27. The number of nitro benzene ring substituents is 1. The molecule has 1 aromatic heterocycles. The zero-order valence-electron chi connectivity index (χ0n) is 17.3. The number of aromatic hydroxyl groups is 1. The van der Waals surface area contributed by atoms with Gasteiger partial charge in [-0.1, -0.05) is 45.2 Å². The Morgan fingerprint density at radius 2 is 2.00 bits per heavy atom. The molecule has 0 bridgehead atoms. The fourth-order valence-corrected chi connectivity index (χ4v) is 3.21. The second kappa shape index (κ2) is 10.3. The van der Waals surface area contributed by atoms with Gasteiger partial charge in [-0.05, 0) is 25.3 Å². The molecule has 0 aliphatic carbocycles. The van der Waals surface area contributed by atoms with Crippen LogP contribution < -0.4 is 5.56 Å². The van der Waals surface area contributed by atoms with Crippen molar-refractivity contribution in [2.75, 3.05) is 0 Å². The van der Waals surface area contributed by atoms with E-state index in [2.05, 4.69) is 17.2 Å². The van der Waals surface area contributed by atoms with Gasteiger partial charge in [-0.15, -0.1) is 10.2 Å². The number of nitriles is 1. The number of benzene rings is 1. The third kappa shape index (κ3) is 4.89. The van der Waals surface area contributed by atoms with Crippen LogP contribution in [0.4, 0.5) is 17.1 Å². The zero-order valence-corrected chi connectivity index (χ0v) is 17.3. The molecule has 1 N–H and O–H groups in total. The number of nitrogens with zero attached hydrogens (tertiary/aromatic N) is 5. The zero-order chi connectivity index (χ0) is 22.3. The maximum atomic E-state index is 12.8. The van der Waals surface area contributed by atoms with Crippen LogP contribution in [-0.4, -0.2) is 14.6 Å². The highest BCUT2D eigenvalue weighted by Crippen LogP contribution is 2.35. The first kappa shape index (κ1) is 22.7. The Balaban J connectivity index is 2.57. The Morgan fingerprint density at radius 3 is 2.60 bits per heavy atom. The van der Waals surface area contributed by atoms with Gasteiger partial charge in [-0.25, -0.2) is 0 Å². The van der Waals surface area contributed by atoms with Crippen LogP contribution in [0.15, 0.2) is 39.3 Å². The quantitative estimate of drug-likeness (QED) is 0.340. The molecule has 1 aromatic carbocycles. The maximum Gasteiger partial charge on any atom is 0.296 e. The molecule has 9 nitrogen and oxygen atoms in total. The summed E-state index contributed by atoms with van der Waals surface area (Å²) in [6.07, 6.45) is 3.72. The first-order chi connectivity index (χ1) is 14.3. The predicted molar refractivity (Wildman–Crippen MR) is 112 cm³/mol. The molecule has 1 heterocycles. The van der Waals surface area contributed by atoms with E-state index in [1.807, 2.05) is 13.0 Å². The number of hydrogen-bond acceptors (Lipinski definition) is 7. The minimum absolute atomic E-state index is 0.00642. The van der Waals surface area contributed by atoms with Crippen LogP contribution in [0.1, 0.15) is 50.7 Å². The molecule has 0 aliphatic heterocycles. The molecular formula is C21H25N5O4. The van der Waals surface area contributed by atoms with Crippen molar-refractivity contribution in [3.8, 4) is 11.9 Å². The van der Waals surface area contributed by atoms with Crippen LogP contribution in [0, 0.1) is 34.3 Å². The van der Waals surface area contributed by atoms with Crippen molar-refractivity contribution in [1.82, 2.24) is 4.57 Å². The number of unbranched alkanes of at least 4 members (excludes halogenated alkanes) is 1. The summed E-state index contributed by atoms with van der Waals surface area (Å²) in [6.45, 7) is 5.84. The van der Waals surface area contributed by atoms with Crippen molar-refractivity contribution in [2.45, 2.75) is 53.0 Å². The van der Waals surface area contributed by atoms with Gasteiger partial charge in [0.25, 0.3) is 11.2 Å². The van der Waals surface area contributed by atoms with Crippen molar-refractivity contribution in [1.29, 1.82) is 5.26 Å². The summed E-state index contributed by atoms with van der Waals surface area (Å²) in [5.74, 6) is -0.239. The van der Waals surface area contributed by atoms with Crippen molar-refractivity contribution in [3.05, 3.63) is 55.9 Å². The Bertz CT molecular complexity index is 1050. The molecule has 30 heavy (non-hydrogen) atoms. The fraction of sp³-hybridized carbons (Fsp3) is 0.429. The molecule has 158 valence electrons. The van der Waals surface area contributed by atoms with Crippen molar-refractivity contribution in [2.24, 2.45) is 16.1 Å². The molecular weight excluding hydrogens is 386 g/mol. The summed E-state index contributed by atoms with van der Waals surface area (Å²) >= 11 is 0. The minimum atomic E-state index is -0.581. The molecule has 1 atom stereocenters. The molecule has 0 saturated heterocycles. The van der Waals surface area contributed by atoms with Gasteiger partial charge in [0.15, 0.2) is 11.4 Å². The van der Waals surface area contributed by atoms with Crippen LogP contribution in [-0.2, 0) is 6.54 Å². The van der Waals surface area contributed by atoms with Gasteiger partial charge in [0, 0.05) is 18.2 Å². The molecule has 2 rings (SSSR count). The molecule has 0 aliphatic rings. The smallest absolute Gasteiger partial charge is 0.296 e. The highest BCUT2D eigenvalue weighted by atomic mass is 16.6. The Labute approximate surface area is 174 Å². The third-order valence-corrected chi connectivity index (χ3v) is 5.09. The largest absolute Gasteiger partial charge is 0.493 e. The summed E-state index contributed by atoms with van der Waals surface area (Å²) in [5.41, 5.74) is -0.804. The van der Waals surface area contributed by atoms with Crippen molar-refractivity contribution < 1.29 is 10.0 Å². The van der Waals surface area contributed by atoms with E-state index in [-0.39, 0.29) is 40.7 Å². The van der Waals surface area contributed by atoms with E-state index < -0.39 is 16.4 Å². The number of hydrogen-bond donors (Lipinski definition) is 1. The molecule has 2 aromatic rings. The molecule has 0 spiro atoms. The molecule has 0 fully saturated rings. The van der Waals surface area contributed by atoms with Crippen molar-refractivity contribution >= 4 is 17.1 Å². The van der Waals surface area contributed by atoms with Gasteiger partial charge in [0.2, 0.25) is 5.88 Å². The van der Waals surface area contributed by atoms with E-state index in [0.29, 0.717) is 0 Å². The van der Waals surface area contributed by atoms with E-state index in [9.17, 15) is 25.3 Å². The molecule has 9 heteroatoms. The number of pyridine rings is 1. The first-order valence-electron chi connectivity index (χ1n) is 9.87. The summed E-state index contributed by atoms with van der Waals surface area (Å²) in [6, 6.07) is 7.68. The normalized spacial score (nSPS) is 12.1. The van der Waals surface area contributed by atoms with E-state index in [1.165, 1.54) is 25.1 Å². The van der Waals surface area contributed by atoms with Crippen LogP contribution in [0.25, 0.3) is 0 Å². The average Bonchev–Trinajstić information content (AvgIpc) is 2.73. The Morgan fingerprint density at radius 1 is 1.30 bits per heavy atom. The summed E-state index contributed by atoms with van der Waals surface area (Å²) < 4.78 is 1.16. The van der Waals surface area contributed by atoms with Gasteiger partial charge in [-0.2, -0.15) is 5.26 Å². The van der Waals surface area contributed by atoms with Crippen LogP contribution in [0.2, 0.25) is 0 Å². The van der Waals surface area contributed by atoms with Gasteiger partial charge < -0.3 is 5.11 Å². The lowest BCUT2D eigenvalue weighted by molar-refractivity contribution is -0.384. The maximum absolute atomic E-state index is 12.8. The Kier molecular flexibility index (Phi) is 7.81. The van der Waals surface area contributed by atoms with E-state index in [4.69, 9.17) is 0 Å². The standard InChI is InChI=1S/C21H25N5O4/c1-4-6-9-15(5-2)13-25-20(27)16(12-22)14(3)19(21(25)28)24-23-17-10-7-8-11-18(17)26(29)30/h7-8,10-11,15,28H,4-6,9,13H2,1-3H3/b24-23+. The van der Waals surface area contributed by atoms with Crippen LogP contribution in [0.3, 0.4) is 0 Å². The van der Waals surface area contributed by atoms with E-state index in [0.717, 1.165) is 30.3 Å². The molecule has 1 unspecified atom stereocenters. The van der Waals surface area contributed by atoms with Crippen molar-refractivity contribution in [3.63, 3.8) is 0 Å². The number of rotatable bonds is 9. The molecule has 0 amide bonds. The molecule has 0 radical (unpaired) electrons. The van der Waals surface area contributed by atoms with E-state index >= 15 is 0 Å². The second-order valence-corrected chi connectivity index (χ2v) is 7.06. The fourth-order valence-electron chi connectivity index (χ4n) is 3.21. The third-order valence-electron chi connectivity index (χ3n) is 5.09. The minimum Gasteiger partial charge on any atom is -0.493 e. The van der Waals surface area contributed by atoms with Gasteiger partial charge in [0.05, 0.1) is 4.92 Å². The summed E-state index contributed by atoms with van der Waals surface area (Å²) in [7, 11) is 0. The van der Waals surface area contributed by atoms with Gasteiger partial charge >= 0.3 is 0 Å². The topological polar surface area (TPSA) is 134 Å². The number of para-hydroxylation sites is 1. The predicted octanol–water partition coefficient (Wildman–Crippen LogP) is 5.27. The SMILES string of the molecule is CCCCC(CC)Cn1c(O)c(/N=N/c2ccccc2[N+](=O)[O-])c(C)c(C#N)c1=O. The highest BCUT2D eigenvalue weighted by molar-refractivity contribution is 5.61. The van der Waals surface area contributed by atoms with E-state index in [1.54, 1.807) is 6.07 Å². The summed E-state index contributed by atoms with van der Waals surface area (Å²) in [5, 5.41) is 39.3. The number of azo groups is 1. The first-order valence-corrected chi connectivity index (χ1v) is 9.87. The monoisotopic (exact) mass is 411 g/mol. The average molecular weight is 411 g/mol. The lowest BCUT2D eigenvalue weighted by atomic mass is 9.99. The molecule has 0 saturated carbocycles. The van der Waals surface area contributed by atoms with Gasteiger partial charge in [-0.3, -0.25) is 19.5 Å². The number of nitro groups is 1. The summed E-state index contributed by atoms with van der Waals surface area (Å²) in [4.78, 5) is 23.3. The van der Waals surface area contributed by atoms with Gasteiger partial charge in [0.1, 0.15) is 11.6 Å². The Hall–Kier alpha value is -3.54. The van der Waals surface area contributed by atoms with Crippen LogP contribution in [0.5, 0.6) is 5.88 Å². The number of aromatic nitrogens is 1. The highest BCUT2D eigenvalue weighted by Gasteiger charge is 2.21. The lowest BCUT2D eigenvalue weighted by Gasteiger charge is -2.19.